The van der Waals surface area contributed by atoms with Crippen LogP contribution in [0.3, 0.4) is 0 Å². The molecule has 0 N–H and O–H groups in total. The van der Waals surface area contributed by atoms with E-state index in [4.69, 9.17) is 0 Å². The van der Waals surface area contributed by atoms with Gasteiger partial charge in [0.2, 0.25) is 0 Å². The first-order valence-electron chi connectivity index (χ1n) is 8.96. The second kappa shape index (κ2) is 8.43. The number of rotatable bonds is 5. The highest BCUT2D eigenvalue weighted by Gasteiger charge is 2.12. The Morgan fingerprint density at radius 2 is 1.62 bits per heavy atom. The summed E-state index contributed by atoms with van der Waals surface area (Å²) in [6.07, 6.45) is 7.87. The quantitative estimate of drug-likeness (QED) is 0.334. The van der Waals surface area contributed by atoms with E-state index in [9.17, 15) is 14.9 Å². The van der Waals surface area contributed by atoms with Crippen molar-refractivity contribution >= 4 is 23.2 Å². The lowest BCUT2D eigenvalue weighted by molar-refractivity contribution is -0.385. The van der Waals surface area contributed by atoms with Crippen LogP contribution in [0.25, 0.3) is 6.08 Å². The van der Waals surface area contributed by atoms with Crippen LogP contribution in [0.15, 0.2) is 54.6 Å². The molecule has 1 aliphatic heterocycles. The molecule has 3 rings (SSSR count). The summed E-state index contributed by atoms with van der Waals surface area (Å²) < 4.78 is 0. The molecular weight excluding hydrogens is 328 g/mol. The summed E-state index contributed by atoms with van der Waals surface area (Å²) in [6, 6.07) is 14.0. The molecule has 2 aromatic carbocycles. The van der Waals surface area contributed by atoms with Crippen molar-refractivity contribution < 1.29 is 9.72 Å². The molecule has 0 unspecified atom stereocenters. The number of hydrogen-bond donors (Lipinski definition) is 0. The number of nitrogens with zero attached hydrogens (tertiary/aromatic N) is 2. The van der Waals surface area contributed by atoms with Crippen LogP contribution in [0.5, 0.6) is 0 Å². The second-order valence-electron chi connectivity index (χ2n) is 6.46. The lowest BCUT2D eigenvalue weighted by atomic mass is 10.1. The number of para-hydroxylation sites is 1. The standard InChI is InChI=1S/C21H22N2O3/c24-21(14-11-17-7-3-4-8-20(17)23(25)26)18-9-12-19(13-10-18)22-15-5-1-2-6-16-22/h3-4,7-14H,1-2,5-6,15-16H2/b14-11+. The molecule has 5 heteroatoms. The maximum atomic E-state index is 12.4. The maximum Gasteiger partial charge on any atom is 0.276 e. The Hall–Kier alpha value is -2.95. The molecule has 1 saturated heterocycles. The van der Waals surface area contributed by atoms with Gasteiger partial charge in [-0.1, -0.05) is 25.0 Å². The molecular formula is C21H22N2O3. The molecule has 0 bridgehead atoms. The molecule has 0 saturated carbocycles. The fraction of sp³-hybridized carbons (Fsp3) is 0.286. The summed E-state index contributed by atoms with van der Waals surface area (Å²) >= 11 is 0. The van der Waals surface area contributed by atoms with Crippen LogP contribution in [0.2, 0.25) is 0 Å². The maximum absolute atomic E-state index is 12.4. The van der Waals surface area contributed by atoms with Crippen LogP contribution in [0.4, 0.5) is 11.4 Å². The normalized spacial score (nSPS) is 15.0. The first-order valence-corrected chi connectivity index (χ1v) is 8.96. The zero-order valence-electron chi connectivity index (χ0n) is 14.6. The Morgan fingerprint density at radius 1 is 0.962 bits per heavy atom. The first-order chi connectivity index (χ1) is 12.6. The van der Waals surface area contributed by atoms with Gasteiger partial charge < -0.3 is 4.90 Å². The van der Waals surface area contributed by atoms with Crippen LogP contribution >= 0.6 is 0 Å². The number of benzene rings is 2. The van der Waals surface area contributed by atoms with E-state index >= 15 is 0 Å². The molecule has 134 valence electrons. The molecule has 1 aliphatic rings. The molecule has 0 amide bonds. The van der Waals surface area contributed by atoms with E-state index in [-0.39, 0.29) is 11.5 Å². The van der Waals surface area contributed by atoms with Crippen LogP contribution < -0.4 is 4.90 Å². The number of nitro groups is 1. The molecule has 2 aromatic rings. The van der Waals surface area contributed by atoms with Gasteiger partial charge >= 0.3 is 0 Å². The summed E-state index contributed by atoms with van der Waals surface area (Å²) in [5, 5.41) is 11.0. The summed E-state index contributed by atoms with van der Waals surface area (Å²) in [6.45, 7) is 2.12. The molecule has 1 fully saturated rings. The minimum Gasteiger partial charge on any atom is -0.372 e. The average Bonchev–Trinajstić information content (AvgIpc) is 2.96. The largest absolute Gasteiger partial charge is 0.372 e. The minimum atomic E-state index is -0.444. The Kier molecular flexibility index (Phi) is 5.79. The lowest BCUT2D eigenvalue weighted by Gasteiger charge is -2.22. The molecule has 0 aliphatic carbocycles. The number of hydrogen-bond acceptors (Lipinski definition) is 4. The number of allylic oxidation sites excluding steroid dienone is 1. The first kappa shape index (κ1) is 17.9. The van der Waals surface area contributed by atoms with Gasteiger partial charge in [-0.15, -0.1) is 0 Å². The van der Waals surface area contributed by atoms with Gasteiger partial charge in [0.05, 0.1) is 10.5 Å². The smallest absolute Gasteiger partial charge is 0.276 e. The van der Waals surface area contributed by atoms with E-state index in [1.54, 1.807) is 18.2 Å². The molecule has 1 heterocycles. The SMILES string of the molecule is O=C(/C=C/c1ccccc1[N+](=O)[O-])c1ccc(N2CCCCCC2)cc1. The zero-order chi connectivity index (χ0) is 18.4. The Balaban J connectivity index is 1.71. The van der Waals surface area contributed by atoms with Crippen LogP contribution in [0, 0.1) is 10.1 Å². The fourth-order valence-corrected chi connectivity index (χ4v) is 3.22. The van der Waals surface area contributed by atoms with Crippen molar-refractivity contribution in [3.8, 4) is 0 Å². The average molecular weight is 350 g/mol. The van der Waals surface area contributed by atoms with Crippen LogP contribution in [-0.4, -0.2) is 23.8 Å². The Labute approximate surface area is 153 Å². The number of carbonyl (C=O) groups is 1. The molecule has 5 nitrogen and oxygen atoms in total. The van der Waals surface area contributed by atoms with Crippen LogP contribution in [-0.2, 0) is 0 Å². The molecule has 26 heavy (non-hydrogen) atoms. The molecule has 0 spiro atoms. The second-order valence-corrected chi connectivity index (χ2v) is 6.46. The van der Waals surface area contributed by atoms with Gasteiger partial charge in [-0.3, -0.25) is 14.9 Å². The third-order valence-electron chi connectivity index (χ3n) is 4.67. The highest BCUT2D eigenvalue weighted by molar-refractivity contribution is 6.07. The number of carbonyl (C=O) groups excluding carboxylic acids is 1. The van der Waals surface area contributed by atoms with Crippen molar-refractivity contribution in [1.82, 2.24) is 0 Å². The third-order valence-corrected chi connectivity index (χ3v) is 4.67. The van der Waals surface area contributed by atoms with Gasteiger partial charge in [-0.2, -0.15) is 0 Å². The lowest BCUT2D eigenvalue weighted by Crippen LogP contribution is -2.23. The summed E-state index contributed by atoms with van der Waals surface area (Å²) in [7, 11) is 0. The van der Waals surface area contributed by atoms with E-state index in [0.717, 1.165) is 18.8 Å². The highest BCUT2D eigenvalue weighted by atomic mass is 16.6. The summed E-state index contributed by atoms with van der Waals surface area (Å²) in [4.78, 5) is 25.3. The summed E-state index contributed by atoms with van der Waals surface area (Å²) in [5.74, 6) is -0.162. The van der Waals surface area contributed by atoms with Crippen molar-refractivity contribution in [3.63, 3.8) is 0 Å². The van der Waals surface area contributed by atoms with Crippen molar-refractivity contribution in [3.05, 3.63) is 75.8 Å². The fourth-order valence-electron chi connectivity index (χ4n) is 3.22. The molecule has 0 radical (unpaired) electrons. The van der Waals surface area contributed by atoms with Gasteiger partial charge in [0.1, 0.15) is 0 Å². The number of anilines is 1. The van der Waals surface area contributed by atoms with Crippen molar-refractivity contribution in [2.45, 2.75) is 25.7 Å². The van der Waals surface area contributed by atoms with Gasteiger partial charge in [0, 0.05) is 30.4 Å². The molecule has 0 atom stereocenters. The van der Waals surface area contributed by atoms with Gasteiger partial charge in [-0.25, -0.2) is 0 Å². The van der Waals surface area contributed by atoms with Crippen molar-refractivity contribution in [2.75, 3.05) is 18.0 Å². The van der Waals surface area contributed by atoms with E-state index in [1.807, 2.05) is 24.3 Å². The number of ketones is 1. The zero-order valence-corrected chi connectivity index (χ0v) is 14.6. The van der Waals surface area contributed by atoms with Crippen molar-refractivity contribution in [1.29, 1.82) is 0 Å². The van der Waals surface area contributed by atoms with Gasteiger partial charge in [0.25, 0.3) is 5.69 Å². The van der Waals surface area contributed by atoms with Crippen molar-refractivity contribution in [2.24, 2.45) is 0 Å². The van der Waals surface area contributed by atoms with E-state index < -0.39 is 4.92 Å². The Bertz CT molecular complexity index is 804. The van der Waals surface area contributed by atoms with E-state index in [1.165, 1.54) is 43.9 Å². The summed E-state index contributed by atoms with van der Waals surface area (Å²) in [5.41, 5.74) is 2.14. The third kappa shape index (κ3) is 4.36. The van der Waals surface area contributed by atoms with E-state index in [0.29, 0.717) is 11.1 Å². The van der Waals surface area contributed by atoms with E-state index in [2.05, 4.69) is 4.90 Å². The highest BCUT2D eigenvalue weighted by Crippen LogP contribution is 2.21. The van der Waals surface area contributed by atoms with Gasteiger partial charge in [0.15, 0.2) is 5.78 Å². The monoisotopic (exact) mass is 350 g/mol. The number of nitro benzene ring substituents is 1. The topological polar surface area (TPSA) is 63.4 Å². The predicted octanol–water partition coefficient (Wildman–Crippen LogP) is 4.87. The van der Waals surface area contributed by atoms with Crippen LogP contribution in [0.1, 0.15) is 41.6 Å². The van der Waals surface area contributed by atoms with Gasteiger partial charge in [-0.05, 0) is 55.3 Å². The minimum absolute atomic E-state index is 0.00642. The Morgan fingerprint density at radius 3 is 2.27 bits per heavy atom. The predicted molar refractivity (Wildman–Crippen MR) is 104 cm³/mol. The molecule has 0 aromatic heterocycles.